The molecule has 0 aliphatic heterocycles. The molecule has 0 radical (unpaired) electrons. The molecule has 5 heteroatoms. The molecule has 2 rings (SSSR count). The van der Waals surface area contributed by atoms with Gasteiger partial charge in [0.05, 0.1) is 12.2 Å². The molecule has 0 saturated heterocycles. The second kappa shape index (κ2) is 7.75. The van der Waals surface area contributed by atoms with E-state index < -0.39 is 0 Å². The van der Waals surface area contributed by atoms with Crippen LogP contribution in [-0.2, 0) is 6.42 Å². The highest BCUT2D eigenvalue weighted by atomic mass is 15.3. The molecule has 0 aliphatic rings. The lowest BCUT2D eigenvalue weighted by Gasteiger charge is -2.10. The zero-order valence-corrected chi connectivity index (χ0v) is 12.1. The van der Waals surface area contributed by atoms with Gasteiger partial charge in [-0.3, -0.25) is 4.99 Å². The van der Waals surface area contributed by atoms with Gasteiger partial charge in [-0.1, -0.05) is 18.1 Å². The van der Waals surface area contributed by atoms with Crippen LogP contribution < -0.4 is 10.6 Å². The summed E-state index contributed by atoms with van der Waals surface area (Å²) in [5, 5.41) is 10.5. The molecule has 108 valence electrons. The van der Waals surface area contributed by atoms with E-state index in [0.717, 1.165) is 24.6 Å². The van der Waals surface area contributed by atoms with Gasteiger partial charge in [-0.25, -0.2) is 4.68 Å². The van der Waals surface area contributed by atoms with E-state index in [1.165, 1.54) is 5.56 Å². The molecule has 1 aromatic carbocycles. The summed E-state index contributed by atoms with van der Waals surface area (Å²) < 4.78 is 1.84. The van der Waals surface area contributed by atoms with Gasteiger partial charge in [0.25, 0.3) is 0 Å². The third kappa shape index (κ3) is 4.39. The fourth-order valence-corrected chi connectivity index (χ4v) is 1.92. The lowest BCUT2D eigenvalue weighted by atomic mass is 10.1. The highest BCUT2D eigenvalue weighted by Crippen LogP contribution is 2.08. The number of nitrogens with zero attached hydrogens (tertiary/aromatic N) is 3. The Kier molecular flexibility index (Phi) is 5.41. The summed E-state index contributed by atoms with van der Waals surface area (Å²) in [6.45, 7) is 1.27. The van der Waals surface area contributed by atoms with Crippen molar-refractivity contribution >= 4 is 5.96 Å². The number of nitrogens with one attached hydrogen (secondary N) is 2. The maximum Gasteiger partial charge on any atom is 0.191 e. The van der Waals surface area contributed by atoms with Crippen LogP contribution in [0.4, 0.5) is 0 Å². The van der Waals surface area contributed by atoms with Crippen LogP contribution in [0.2, 0.25) is 0 Å². The first-order valence-corrected chi connectivity index (χ1v) is 6.80. The summed E-state index contributed by atoms with van der Waals surface area (Å²) in [5.74, 6) is 3.24. The molecule has 21 heavy (non-hydrogen) atoms. The van der Waals surface area contributed by atoms with Gasteiger partial charge in [-0.05, 0) is 30.2 Å². The number of guanidine groups is 1. The van der Waals surface area contributed by atoms with Gasteiger partial charge in [0.2, 0.25) is 0 Å². The van der Waals surface area contributed by atoms with Gasteiger partial charge in [-0.15, -0.1) is 6.42 Å². The van der Waals surface area contributed by atoms with E-state index in [-0.39, 0.29) is 0 Å². The Bertz CT molecular complexity index is 605. The molecule has 1 heterocycles. The van der Waals surface area contributed by atoms with E-state index in [1.807, 2.05) is 16.9 Å². The van der Waals surface area contributed by atoms with Crippen LogP contribution in [0, 0.1) is 12.3 Å². The monoisotopic (exact) mass is 281 g/mol. The lowest BCUT2D eigenvalue weighted by molar-refractivity contribution is 0.822. The molecule has 0 atom stereocenters. The number of hydrogen-bond acceptors (Lipinski definition) is 2. The van der Waals surface area contributed by atoms with E-state index in [1.54, 1.807) is 13.2 Å². The SMILES string of the molecule is C#CCNC(=NC)NCCc1ccc(-n2cccn2)cc1. The predicted octanol–water partition coefficient (Wildman–Crippen LogP) is 1.21. The first kappa shape index (κ1) is 14.7. The number of hydrogen-bond donors (Lipinski definition) is 2. The molecule has 0 saturated carbocycles. The number of terminal acetylenes is 1. The van der Waals surface area contributed by atoms with E-state index >= 15 is 0 Å². The molecule has 0 amide bonds. The normalized spacial score (nSPS) is 11.0. The summed E-state index contributed by atoms with van der Waals surface area (Å²) >= 11 is 0. The molecule has 2 aromatic rings. The van der Waals surface area contributed by atoms with E-state index in [4.69, 9.17) is 6.42 Å². The Morgan fingerprint density at radius 3 is 2.76 bits per heavy atom. The lowest BCUT2D eigenvalue weighted by Crippen LogP contribution is -2.38. The summed E-state index contributed by atoms with van der Waals surface area (Å²) in [7, 11) is 1.73. The Morgan fingerprint density at radius 1 is 1.33 bits per heavy atom. The minimum atomic E-state index is 0.470. The smallest absolute Gasteiger partial charge is 0.191 e. The molecule has 2 N–H and O–H groups in total. The van der Waals surface area contributed by atoms with Crippen molar-refractivity contribution in [2.75, 3.05) is 20.1 Å². The van der Waals surface area contributed by atoms with Crippen LogP contribution in [0.5, 0.6) is 0 Å². The van der Waals surface area contributed by atoms with Crippen LogP contribution in [0.15, 0.2) is 47.7 Å². The van der Waals surface area contributed by atoms with Crippen molar-refractivity contribution in [2.24, 2.45) is 4.99 Å². The first-order valence-electron chi connectivity index (χ1n) is 6.80. The van der Waals surface area contributed by atoms with Crippen LogP contribution in [0.3, 0.4) is 0 Å². The van der Waals surface area contributed by atoms with Crippen molar-refractivity contribution in [3.63, 3.8) is 0 Å². The third-order valence-corrected chi connectivity index (χ3v) is 2.99. The average molecular weight is 281 g/mol. The first-order chi connectivity index (χ1) is 10.3. The fourth-order valence-electron chi connectivity index (χ4n) is 1.92. The van der Waals surface area contributed by atoms with Crippen LogP contribution in [0.25, 0.3) is 5.69 Å². The standard InChI is InChI=1S/C16H19N5/c1-3-10-18-16(17-2)19-12-9-14-5-7-15(8-6-14)21-13-4-11-20-21/h1,4-8,11,13H,9-10,12H2,2H3,(H2,17,18,19). The average Bonchev–Trinajstić information content (AvgIpc) is 3.05. The van der Waals surface area contributed by atoms with Crippen LogP contribution in [-0.4, -0.2) is 35.9 Å². The second-order valence-corrected chi connectivity index (χ2v) is 4.42. The molecular formula is C16H19N5. The molecule has 0 fully saturated rings. The van der Waals surface area contributed by atoms with Crippen molar-refractivity contribution in [3.05, 3.63) is 48.3 Å². The van der Waals surface area contributed by atoms with Gasteiger partial charge in [0.1, 0.15) is 0 Å². The predicted molar refractivity (Wildman–Crippen MR) is 85.5 cm³/mol. The minimum absolute atomic E-state index is 0.470. The quantitative estimate of drug-likeness (QED) is 0.492. The Balaban J connectivity index is 1.83. The molecule has 1 aromatic heterocycles. The Hall–Kier alpha value is -2.74. The fraction of sp³-hybridized carbons (Fsp3) is 0.250. The van der Waals surface area contributed by atoms with Gasteiger partial charge in [0, 0.05) is 26.0 Å². The Morgan fingerprint density at radius 2 is 2.14 bits per heavy atom. The number of aliphatic imine (C=N–C) groups is 1. The zero-order valence-electron chi connectivity index (χ0n) is 12.1. The minimum Gasteiger partial charge on any atom is -0.356 e. The maximum atomic E-state index is 5.20. The van der Waals surface area contributed by atoms with Crippen LogP contribution in [0.1, 0.15) is 5.56 Å². The molecular weight excluding hydrogens is 262 g/mol. The van der Waals surface area contributed by atoms with Crippen molar-refractivity contribution < 1.29 is 0 Å². The van der Waals surface area contributed by atoms with Crippen molar-refractivity contribution in [3.8, 4) is 18.0 Å². The Labute approximate surface area is 125 Å². The number of rotatable bonds is 5. The molecule has 0 aliphatic carbocycles. The summed E-state index contributed by atoms with van der Waals surface area (Å²) in [5.41, 5.74) is 2.31. The van der Waals surface area contributed by atoms with Gasteiger partial charge in [0.15, 0.2) is 5.96 Å². The van der Waals surface area contributed by atoms with E-state index in [2.05, 4.69) is 50.9 Å². The summed E-state index contributed by atoms with van der Waals surface area (Å²) in [6, 6.07) is 10.3. The van der Waals surface area contributed by atoms with Crippen molar-refractivity contribution in [2.45, 2.75) is 6.42 Å². The maximum absolute atomic E-state index is 5.20. The van der Waals surface area contributed by atoms with Gasteiger partial charge in [-0.2, -0.15) is 5.10 Å². The van der Waals surface area contributed by atoms with Gasteiger partial charge < -0.3 is 10.6 Å². The van der Waals surface area contributed by atoms with E-state index in [9.17, 15) is 0 Å². The largest absolute Gasteiger partial charge is 0.356 e. The molecule has 0 bridgehead atoms. The third-order valence-electron chi connectivity index (χ3n) is 2.99. The van der Waals surface area contributed by atoms with Crippen molar-refractivity contribution in [1.29, 1.82) is 0 Å². The van der Waals surface area contributed by atoms with Gasteiger partial charge >= 0.3 is 0 Å². The van der Waals surface area contributed by atoms with Crippen molar-refractivity contribution in [1.82, 2.24) is 20.4 Å². The molecule has 0 spiro atoms. The highest BCUT2D eigenvalue weighted by molar-refractivity contribution is 5.79. The zero-order chi connectivity index (χ0) is 14.9. The number of aromatic nitrogens is 2. The number of benzene rings is 1. The van der Waals surface area contributed by atoms with Crippen LogP contribution >= 0.6 is 0 Å². The highest BCUT2D eigenvalue weighted by Gasteiger charge is 1.99. The molecule has 5 nitrogen and oxygen atoms in total. The second-order valence-electron chi connectivity index (χ2n) is 4.42. The topological polar surface area (TPSA) is 54.2 Å². The van der Waals surface area contributed by atoms with E-state index in [0.29, 0.717) is 6.54 Å². The molecule has 0 unspecified atom stereocenters. The summed E-state index contributed by atoms with van der Waals surface area (Å²) in [4.78, 5) is 4.09. The summed E-state index contributed by atoms with van der Waals surface area (Å²) in [6.07, 6.45) is 9.81.